The van der Waals surface area contributed by atoms with E-state index in [4.69, 9.17) is 5.26 Å². The van der Waals surface area contributed by atoms with Gasteiger partial charge in [0.25, 0.3) is 0 Å². The van der Waals surface area contributed by atoms with E-state index in [1.807, 2.05) is 48.5 Å². The number of pyridine rings is 1. The maximum atomic E-state index is 12.5. The maximum absolute atomic E-state index is 12.5. The molecule has 122 valence electrons. The number of hydrogen-bond acceptors (Lipinski definition) is 4. The molecule has 1 aromatic carbocycles. The van der Waals surface area contributed by atoms with E-state index in [9.17, 15) is 4.79 Å². The van der Waals surface area contributed by atoms with Crippen LogP contribution in [0.4, 0.5) is 5.82 Å². The van der Waals surface area contributed by atoms with Crippen molar-refractivity contribution in [1.29, 1.82) is 5.26 Å². The Morgan fingerprint density at radius 2 is 2.08 bits per heavy atom. The number of anilines is 1. The summed E-state index contributed by atoms with van der Waals surface area (Å²) in [5, 5.41) is 8.91. The lowest BCUT2D eigenvalue weighted by atomic mass is 10.0. The summed E-state index contributed by atoms with van der Waals surface area (Å²) in [5.41, 5.74) is 1.88. The molecule has 0 N–H and O–H groups in total. The van der Waals surface area contributed by atoms with Gasteiger partial charge < -0.3 is 4.90 Å². The molecule has 1 aliphatic rings. The Morgan fingerprint density at radius 3 is 2.79 bits per heavy atom. The zero-order valence-corrected chi connectivity index (χ0v) is 13.7. The van der Waals surface area contributed by atoms with Gasteiger partial charge in [0.1, 0.15) is 5.82 Å². The Kier molecular flexibility index (Phi) is 4.76. The number of likely N-dealkylation sites (tertiary alicyclic amines) is 1. The smallest absolute Gasteiger partial charge is 0.228 e. The highest BCUT2D eigenvalue weighted by Crippen LogP contribution is 2.23. The lowest BCUT2D eigenvalue weighted by Gasteiger charge is -2.19. The first kappa shape index (κ1) is 16.0. The molecule has 5 heteroatoms. The molecular formula is C19H20N4O. The number of hydrogen-bond donors (Lipinski definition) is 0. The molecule has 0 unspecified atom stereocenters. The topological polar surface area (TPSA) is 60.2 Å². The minimum Gasteiger partial charge on any atom is -0.310 e. The van der Waals surface area contributed by atoms with Crippen molar-refractivity contribution < 1.29 is 4.79 Å². The molecular weight excluding hydrogens is 300 g/mol. The van der Waals surface area contributed by atoms with E-state index in [0.717, 1.165) is 24.2 Å². The average molecular weight is 320 g/mol. The molecule has 0 saturated carbocycles. The third kappa shape index (κ3) is 3.54. The Labute approximate surface area is 142 Å². The highest BCUT2D eigenvalue weighted by molar-refractivity contribution is 5.92. The van der Waals surface area contributed by atoms with E-state index < -0.39 is 0 Å². The Bertz CT molecular complexity index is 753. The standard InChI is InChI=1S/C19H20N4O/c1-22(19(24)12-15-10-11-23(13-15)14-20)18-9-5-8-17(21-18)16-6-3-2-4-7-16/h2-9,15H,10-13H2,1H3/t15-/m1/s1. The minimum absolute atomic E-state index is 0.0394. The van der Waals surface area contributed by atoms with Crippen LogP contribution in [0.1, 0.15) is 12.8 Å². The molecule has 0 radical (unpaired) electrons. The lowest BCUT2D eigenvalue weighted by molar-refractivity contribution is -0.119. The van der Waals surface area contributed by atoms with Crippen LogP contribution in [0.2, 0.25) is 0 Å². The first-order chi connectivity index (χ1) is 11.7. The summed E-state index contributed by atoms with van der Waals surface area (Å²) in [6.45, 7) is 1.42. The van der Waals surface area contributed by atoms with E-state index in [-0.39, 0.29) is 11.8 Å². The van der Waals surface area contributed by atoms with Crippen molar-refractivity contribution in [2.24, 2.45) is 5.92 Å². The van der Waals surface area contributed by atoms with Crippen molar-refractivity contribution in [1.82, 2.24) is 9.88 Å². The summed E-state index contributed by atoms with van der Waals surface area (Å²) < 4.78 is 0. The zero-order valence-electron chi connectivity index (χ0n) is 13.7. The van der Waals surface area contributed by atoms with E-state index in [2.05, 4.69) is 11.2 Å². The predicted molar refractivity (Wildman–Crippen MR) is 93.0 cm³/mol. The van der Waals surface area contributed by atoms with Crippen LogP contribution in [-0.2, 0) is 4.79 Å². The van der Waals surface area contributed by atoms with Gasteiger partial charge in [-0.15, -0.1) is 0 Å². The fourth-order valence-corrected chi connectivity index (χ4v) is 2.98. The highest BCUT2D eigenvalue weighted by atomic mass is 16.2. The Morgan fingerprint density at radius 1 is 1.29 bits per heavy atom. The quantitative estimate of drug-likeness (QED) is 0.813. The van der Waals surface area contributed by atoms with Gasteiger partial charge in [-0.2, -0.15) is 5.26 Å². The number of nitriles is 1. The Hall–Kier alpha value is -2.87. The van der Waals surface area contributed by atoms with Gasteiger partial charge in [0.05, 0.1) is 5.69 Å². The van der Waals surface area contributed by atoms with Crippen LogP contribution in [0.5, 0.6) is 0 Å². The van der Waals surface area contributed by atoms with Gasteiger partial charge in [0.2, 0.25) is 5.91 Å². The molecule has 3 rings (SSSR count). The van der Waals surface area contributed by atoms with Gasteiger partial charge in [-0.25, -0.2) is 4.98 Å². The number of benzene rings is 1. The normalized spacial score (nSPS) is 16.7. The van der Waals surface area contributed by atoms with E-state index in [1.165, 1.54) is 0 Å². The second kappa shape index (κ2) is 7.14. The van der Waals surface area contributed by atoms with Crippen molar-refractivity contribution in [2.45, 2.75) is 12.8 Å². The second-order valence-corrected chi connectivity index (χ2v) is 6.10. The number of amides is 1. The average Bonchev–Trinajstić information content (AvgIpc) is 3.09. The second-order valence-electron chi connectivity index (χ2n) is 6.10. The molecule has 0 bridgehead atoms. The van der Waals surface area contributed by atoms with Crippen LogP contribution in [0.15, 0.2) is 48.5 Å². The highest BCUT2D eigenvalue weighted by Gasteiger charge is 2.25. The summed E-state index contributed by atoms with van der Waals surface area (Å²) in [7, 11) is 1.76. The van der Waals surface area contributed by atoms with E-state index in [0.29, 0.717) is 18.8 Å². The first-order valence-electron chi connectivity index (χ1n) is 8.11. The van der Waals surface area contributed by atoms with Gasteiger partial charge in [-0.05, 0) is 24.5 Å². The number of carbonyl (C=O) groups excluding carboxylic acids is 1. The maximum Gasteiger partial charge on any atom is 0.228 e. The first-order valence-corrected chi connectivity index (χ1v) is 8.11. The molecule has 1 saturated heterocycles. The molecule has 1 aromatic heterocycles. The van der Waals surface area contributed by atoms with Crippen LogP contribution in [-0.4, -0.2) is 35.9 Å². The van der Waals surface area contributed by atoms with Gasteiger partial charge in [-0.1, -0.05) is 36.4 Å². The zero-order chi connectivity index (χ0) is 16.9. The number of carbonyl (C=O) groups is 1. The molecule has 1 amide bonds. The molecule has 0 aliphatic carbocycles. The van der Waals surface area contributed by atoms with Crippen molar-refractivity contribution in [3.63, 3.8) is 0 Å². The van der Waals surface area contributed by atoms with Crippen LogP contribution < -0.4 is 4.90 Å². The van der Waals surface area contributed by atoms with Crippen molar-refractivity contribution >= 4 is 11.7 Å². The predicted octanol–water partition coefficient (Wildman–Crippen LogP) is 2.90. The van der Waals surface area contributed by atoms with E-state index in [1.54, 1.807) is 16.8 Å². The van der Waals surface area contributed by atoms with Crippen molar-refractivity contribution in [3.05, 3.63) is 48.5 Å². The van der Waals surface area contributed by atoms with Gasteiger partial charge in [0, 0.05) is 32.1 Å². The fourth-order valence-electron chi connectivity index (χ4n) is 2.98. The van der Waals surface area contributed by atoms with Crippen molar-refractivity contribution in [2.75, 3.05) is 25.0 Å². The SMILES string of the molecule is CN(C(=O)C[C@H]1CCN(C#N)C1)c1cccc(-c2ccccc2)n1. The molecule has 5 nitrogen and oxygen atoms in total. The third-order valence-corrected chi connectivity index (χ3v) is 4.41. The molecule has 24 heavy (non-hydrogen) atoms. The molecule has 1 fully saturated rings. The molecule has 1 aliphatic heterocycles. The number of aromatic nitrogens is 1. The van der Waals surface area contributed by atoms with Gasteiger partial charge >= 0.3 is 0 Å². The molecule has 0 spiro atoms. The van der Waals surface area contributed by atoms with Crippen LogP contribution in [0.25, 0.3) is 11.3 Å². The largest absolute Gasteiger partial charge is 0.310 e. The van der Waals surface area contributed by atoms with Crippen LogP contribution in [0, 0.1) is 17.4 Å². The molecule has 1 atom stereocenters. The molecule has 2 aromatic rings. The third-order valence-electron chi connectivity index (χ3n) is 4.41. The monoisotopic (exact) mass is 320 g/mol. The summed E-state index contributed by atoms with van der Waals surface area (Å²) in [5.74, 6) is 0.936. The van der Waals surface area contributed by atoms with Gasteiger partial charge in [0.15, 0.2) is 6.19 Å². The fraction of sp³-hybridized carbons (Fsp3) is 0.316. The summed E-state index contributed by atoms with van der Waals surface area (Å²) in [4.78, 5) is 20.5. The number of nitrogens with zero attached hydrogens (tertiary/aromatic N) is 4. The van der Waals surface area contributed by atoms with Gasteiger partial charge in [-0.3, -0.25) is 9.69 Å². The summed E-state index contributed by atoms with van der Waals surface area (Å²) >= 11 is 0. The van der Waals surface area contributed by atoms with Crippen molar-refractivity contribution in [3.8, 4) is 17.5 Å². The minimum atomic E-state index is 0.0394. The van der Waals surface area contributed by atoms with Crippen LogP contribution in [0.3, 0.4) is 0 Å². The summed E-state index contributed by atoms with van der Waals surface area (Å²) in [6, 6.07) is 15.6. The lowest BCUT2D eigenvalue weighted by Crippen LogP contribution is -2.29. The van der Waals surface area contributed by atoms with Crippen LogP contribution >= 0.6 is 0 Å². The molecule has 2 heterocycles. The number of rotatable bonds is 4. The van der Waals surface area contributed by atoms with E-state index >= 15 is 0 Å². The Balaban J connectivity index is 1.70. The summed E-state index contributed by atoms with van der Waals surface area (Å²) in [6.07, 6.45) is 3.49.